The number of amides is 3. The third kappa shape index (κ3) is 2.57. The standard InChI is InChI=1S/C21H19F3N2O3/c1-9(18(27)25-15-5-3-2-4-14(15)21(22,23)24)26-19(28)16-10-6-7-11(13-8-12(10)13)17(16)20(26)29/h2-7,9-13,16-17H,8H2,1H3,(H,25,27)/t9-,10+,11+,12-,13+,16-,17+/m1/s1. The molecule has 5 aliphatic rings. The van der Waals surface area contributed by atoms with Crippen molar-refractivity contribution in [2.45, 2.75) is 25.6 Å². The first-order valence-electron chi connectivity index (χ1n) is 9.72. The minimum Gasteiger partial charge on any atom is -0.324 e. The van der Waals surface area contributed by atoms with E-state index in [9.17, 15) is 27.6 Å². The van der Waals surface area contributed by atoms with E-state index in [4.69, 9.17) is 0 Å². The number of rotatable bonds is 3. The number of hydrogen-bond donors (Lipinski definition) is 1. The molecule has 0 radical (unpaired) electrons. The number of para-hydroxylation sites is 1. The van der Waals surface area contributed by atoms with E-state index in [1.54, 1.807) is 0 Å². The molecule has 1 N–H and O–H groups in total. The van der Waals surface area contributed by atoms with Crippen LogP contribution >= 0.6 is 0 Å². The third-order valence-electron chi connectivity index (χ3n) is 6.95. The minimum atomic E-state index is -4.63. The Bertz CT molecular complexity index is 921. The number of benzene rings is 1. The maximum atomic E-state index is 13.2. The second-order valence-corrected chi connectivity index (χ2v) is 8.41. The maximum Gasteiger partial charge on any atom is 0.418 e. The molecule has 8 heteroatoms. The number of hydrogen-bond acceptors (Lipinski definition) is 3. The van der Waals surface area contributed by atoms with Crippen molar-refractivity contribution in [1.82, 2.24) is 4.90 Å². The average molecular weight is 404 g/mol. The molecule has 1 aromatic rings. The average Bonchev–Trinajstić information content (AvgIpc) is 3.45. The molecular formula is C21H19F3N2O3. The third-order valence-corrected chi connectivity index (χ3v) is 6.95. The van der Waals surface area contributed by atoms with Crippen LogP contribution in [0.4, 0.5) is 18.9 Å². The molecule has 4 aliphatic carbocycles. The van der Waals surface area contributed by atoms with Gasteiger partial charge in [-0.05, 0) is 49.1 Å². The summed E-state index contributed by atoms with van der Waals surface area (Å²) in [5.74, 6) is -1.54. The van der Waals surface area contributed by atoms with Crippen LogP contribution in [0.2, 0.25) is 0 Å². The van der Waals surface area contributed by atoms with Crippen LogP contribution in [-0.4, -0.2) is 28.7 Å². The van der Waals surface area contributed by atoms with Crippen LogP contribution in [0, 0.1) is 35.5 Å². The van der Waals surface area contributed by atoms with Crippen molar-refractivity contribution in [3.63, 3.8) is 0 Å². The van der Waals surface area contributed by atoms with Crippen molar-refractivity contribution in [2.24, 2.45) is 35.5 Å². The summed E-state index contributed by atoms with van der Waals surface area (Å²) in [4.78, 5) is 39.7. The predicted octanol–water partition coefficient (Wildman–Crippen LogP) is 3.09. The molecule has 29 heavy (non-hydrogen) atoms. The molecule has 3 fully saturated rings. The number of carbonyl (C=O) groups excluding carboxylic acids is 3. The van der Waals surface area contributed by atoms with Gasteiger partial charge in [-0.15, -0.1) is 0 Å². The summed E-state index contributed by atoms with van der Waals surface area (Å²) in [6.07, 6.45) is 0.450. The molecule has 0 spiro atoms. The highest BCUT2D eigenvalue weighted by molar-refractivity contribution is 6.10. The van der Waals surface area contributed by atoms with E-state index in [1.807, 2.05) is 12.2 Å². The fourth-order valence-corrected chi connectivity index (χ4v) is 5.56. The first-order valence-corrected chi connectivity index (χ1v) is 9.72. The zero-order valence-electron chi connectivity index (χ0n) is 15.5. The zero-order chi connectivity index (χ0) is 20.7. The smallest absolute Gasteiger partial charge is 0.324 e. The highest BCUT2D eigenvalue weighted by atomic mass is 19.4. The molecule has 1 aliphatic heterocycles. The van der Waals surface area contributed by atoms with Gasteiger partial charge in [0.15, 0.2) is 0 Å². The number of imide groups is 1. The van der Waals surface area contributed by atoms with Gasteiger partial charge in [-0.1, -0.05) is 24.3 Å². The van der Waals surface area contributed by atoms with Gasteiger partial charge in [-0.3, -0.25) is 19.3 Å². The van der Waals surface area contributed by atoms with E-state index in [1.165, 1.54) is 19.1 Å². The highest BCUT2D eigenvalue weighted by Gasteiger charge is 2.67. The number of carbonyl (C=O) groups is 3. The van der Waals surface area contributed by atoms with Gasteiger partial charge in [0.25, 0.3) is 0 Å². The SMILES string of the molecule is C[C@H](C(=O)Nc1ccccc1C(F)(F)F)N1C(=O)[C@@H]2[C@H]3C=C[C@@H]([C@@H]4C[C@H]34)[C@@H]2C1=O. The quantitative estimate of drug-likeness (QED) is 0.622. The fourth-order valence-electron chi connectivity index (χ4n) is 5.56. The van der Waals surface area contributed by atoms with Gasteiger partial charge in [0, 0.05) is 0 Å². The Kier molecular flexibility index (Phi) is 3.76. The summed E-state index contributed by atoms with van der Waals surface area (Å²) in [7, 11) is 0. The van der Waals surface area contributed by atoms with E-state index in [0.717, 1.165) is 23.5 Å². The van der Waals surface area contributed by atoms with Crippen molar-refractivity contribution in [1.29, 1.82) is 0 Å². The second kappa shape index (κ2) is 5.93. The molecule has 152 valence electrons. The summed E-state index contributed by atoms with van der Waals surface area (Å²) >= 11 is 0. The molecule has 1 aromatic carbocycles. The van der Waals surface area contributed by atoms with Gasteiger partial charge in [0.05, 0.1) is 23.1 Å². The summed E-state index contributed by atoms with van der Waals surface area (Å²) in [5, 5.41) is 2.25. The summed E-state index contributed by atoms with van der Waals surface area (Å²) in [6.45, 7) is 1.38. The number of halogens is 3. The molecule has 2 saturated carbocycles. The molecule has 0 unspecified atom stereocenters. The van der Waals surface area contributed by atoms with Crippen molar-refractivity contribution >= 4 is 23.4 Å². The fraction of sp³-hybridized carbons (Fsp3) is 0.476. The number of likely N-dealkylation sites (tertiary alicyclic amines) is 1. The Morgan fingerprint density at radius 1 is 1.07 bits per heavy atom. The predicted molar refractivity (Wildman–Crippen MR) is 96.1 cm³/mol. The first kappa shape index (κ1) is 18.4. The summed E-state index contributed by atoms with van der Waals surface area (Å²) in [6, 6.07) is 3.45. The number of anilines is 1. The normalized spacial score (nSPS) is 35.4. The number of nitrogens with one attached hydrogen (secondary N) is 1. The van der Waals surface area contributed by atoms with Gasteiger partial charge in [0.1, 0.15) is 6.04 Å². The van der Waals surface area contributed by atoms with Crippen molar-refractivity contribution in [3.05, 3.63) is 42.0 Å². The molecule has 1 heterocycles. The maximum absolute atomic E-state index is 13.2. The van der Waals surface area contributed by atoms with Gasteiger partial charge >= 0.3 is 6.18 Å². The minimum absolute atomic E-state index is 0.0256. The second-order valence-electron chi connectivity index (χ2n) is 8.41. The van der Waals surface area contributed by atoms with E-state index in [0.29, 0.717) is 11.8 Å². The van der Waals surface area contributed by atoms with E-state index in [2.05, 4.69) is 5.32 Å². The Morgan fingerprint density at radius 3 is 2.17 bits per heavy atom. The first-order chi connectivity index (χ1) is 13.7. The number of alkyl halides is 3. The van der Waals surface area contributed by atoms with Crippen LogP contribution in [0.15, 0.2) is 36.4 Å². The number of allylic oxidation sites excluding steroid dienone is 2. The summed E-state index contributed by atoms with van der Waals surface area (Å²) < 4.78 is 39.5. The van der Waals surface area contributed by atoms with Crippen LogP contribution < -0.4 is 5.32 Å². The zero-order valence-corrected chi connectivity index (χ0v) is 15.5. The van der Waals surface area contributed by atoms with Crippen LogP contribution in [0.3, 0.4) is 0 Å². The molecule has 7 atom stereocenters. The van der Waals surface area contributed by atoms with E-state index in [-0.39, 0.29) is 23.7 Å². The molecule has 2 bridgehead atoms. The molecule has 6 rings (SSSR count). The lowest BCUT2D eigenvalue weighted by Crippen LogP contribution is -2.46. The lowest BCUT2D eigenvalue weighted by molar-refractivity contribution is -0.146. The van der Waals surface area contributed by atoms with E-state index < -0.39 is 41.2 Å². The summed E-state index contributed by atoms with van der Waals surface area (Å²) in [5.41, 5.74) is -1.37. The molecule has 0 aromatic heterocycles. The van der Waals surface area contributed by atoms with Crippen molar-refractivity contribution in [3.8, 4) is 0 Å². The Hall–Kier alpha value is -2.64. The van der Waals surface area contributed by atoms with Crippen LogP contribution in [0.5, 0.6) is 0 Å². The van der Waals surface area contributed by atoms with Crippen molar-refractivity contribution < 1.29 is 27.6 Å². The molecule has 3 amide bonds. The van der Waals surface area contributed by atoms with Gasteiger partial charge in [-0.2, -0.15) is 13.2 Å². The van der Waals surface area contributed by atoms with E-state index >= 15 is 0 Å². The Morgan fingerprint density at radius 2 is 1.62 bits per heavy atom. The molecule has 1 saturated heterocycles. The Balaban J connectivity index is 1.38. The highest BCUT2D eigenvalue weighted by Crippen LogP contribution is 2.65. The van der Waals surface area contributed by atoms with Gasteiger partial charge in [-0.25, -0.2) is 0 Å². The van der Waals surface area contributed by atoms with Gasteiger partial charge < -0.3 is 5.32 Å². The molecule has 5 nitrogen and oxygen atoms in total. The lowest BCUT2D eigenvalue weighted by atomic mass is 9.63. The van der Waals surface area contributed by atoms with Crippen molar-refractivity contribution in [2.75, 3.05) is 5.32 Å². The molecular weight excluding hydrogens is 385 g/mol. The van der Waals surface area contributed by atoms with Crippen LogP contribution in [0.25, 0.3) is 0 Å². The monoisotopic (exact) mass is 404 g/mol. The van der Waals surface area contributed by atoms with Crippen LogP contribution in [-0.2, 0) is 20.6 Å². The number of nitrogens with zero attached hydrogens (tertiary/aromatic N) is 1. The lowest BCUT2D eigenvalue weighted by Gasteiger charge is -2.37. The largest absolute Gasteiger partial charge is 0.418 e. The van der Waals surface area contributed by atoms with Gasteiger partial charge in [0.2, 0.25) is 17.7 Å². The van der Waals surface area contributed by atoms with Crippen LogP contribution in [0.1, 0.15) is 18.9 Å². The topological polar surface area (TPSA) is 66.5 Å². The Labute approximate surface area is 164 Å².